The summed E-state index contributed by atoms with van der Waals surface area (Å²) in [6.07, 6.45) is 7.26. The molecule has 7 rings (SSSR count). The number of methoxy groups -OCH3 is 1. The predicted octanol–water partition coefficient (Wildman–Crippen LogP) is 3.43. The number of anilines is 1. The van der Waals surface area contributed by atoms with Gasteiger partial charge in [0.25, 0.3) is 5.91 Å². The minimum atomic E-state index is -3.76. The number of piperidine rings is 1. The molecular formula is C30H31N9O4S. The number of benzene rings is 1. The number of rotatable bonds is 6. The molecular weight excluding hydrogens is 582 g/mol. The van der Waals surface area contributed by atoms with Crippen LogP contribution >= 0.6 is 0 Å². The van der Waals surface area contributed by atoms with Gasteiger partial charge in [0.15, 0.2) is 15.5 Å². The van der Waals surface area contributed by atoms with Crippen molar-refractivity contribution in [3.63, 3.8) is 0 Å². The van der Waals surface area contributed by atoms with Crippen LogP contribution in [-0.2, 0) is 9.84 Å². The van der Waals surface area contributed by atoms with E-state index in [0.717, 1.165) is 41.7 Å². The Hall–Kier alpha value is -4.85. The number of fused-ring (bicyclic) bond motifs is 3. The second-order valence-electron chi connectivity index (χ2n) is 11.5. The van der Waals surface area contributed by atoms with E-state index in [2.05, 4.69) is 25.3 Å². The zero-order valence-electron chi connectivity index (χ0n) is 24.4. The maximum Gasteiger partial charge on any atom is 0.292 e. The van der Waals surface area contributed by atoms with Crippen LogP contribution in [-0.4, -0.2) is 79.4 Å². The third kappa shape index (κ3) is 4.65. The zero-order chi connectivity index (χ0) is 30.7. The van der Waals surface area contributed by atoms with Crippen LogP contribution in [0.2, 0.25) is 0 Å². The van der Waals surface area contributed by atoms with Crippen molar-refractivity contribution in [3.05, 3.63) is 66.1 Å². The Bertz CT molecular complexity index is 1990. The number of aromatic amines is 1. The molecule has 2 bridgehead atoms. The number of amides is 1. The molecule has 4 aromatic heterocycles. The molecule has 3 N–H and O–H groups in total. The smallest absolute Gasteiger partial charge is 0.292 e. The van der Waals surface area contributed by atoms with Gasteiger partial charge in [-0.15, -0.1) is 10.2 Å². The summed E-state index contributed by atoms with van der Waals surface area (Å²) in [5.41, 5.74) is 10.6. The average Bonchev–Trinajstić information content (AvgIpc) is 3.71. The Kier molecular flexibility index (Phi) is 6.61. The highest BCUT2D eigenvalue weighted by molar-refractivity contribution is 7.91. The summed E-state index contributed by atoms with van der Waals surface area (Å²) >= 11 is 0. The minimum absolute atomic E-state index is 0.0114. The van der Waals surface area contributed by atoms with Crippen molar-refractivity contribution >= 4 is 27.2 Å². The monoisotopic (exact) mass is 613 g/mol. The van der Waals surface area contributed by atoms with Crippen LogP contribution in [0, 0.1) is 6.92 Å². The van der Waals surface area contributed by atoms with Gasteiger partial charge in [-0.25, -0.2) is 13.4 Å². The quantitative estimate of drug-likeness (QED) is 0.289. The molecule has 0 radical (unpaired) electrons. The SMILES string of the molecule is COc1ccc(-c2ccc(-c3cnn4c(N)c(S(C)(=O)=O)c(C5CC6CC[C@H](C5)N6C(=O)c5nnc(C)[nH]5)nc34)cn2)cc1. The van der Waals surface area contributed by atoms with Gasteiger partial charge in [0, 0.05) is 47.1 Å². The van der Waals surface area contributed by atoms with Crippen LogP contribution in [0.1, 0.15) is 53.7 Å². The van der Waals surface area contributed by atoms with Crippen molar-refractivity contribution in [2.45, 2.75) is 55.5 Å². The second-order valence-corrected chi connectivity index (χ2v) is 13.4. The van der Waals surface area contributed by atoms with E-state index in [4.69, 9.17) is 15.5 Å². The first-order valence-electron chi connectivity index (χ1n) is 14.3. The summed E-state index contributed by atoms with van der Waals surface area (Å²) in [4.78, 5) is 27.7. The highest BCUT2D eigenvalue weighted by Crippen LogP contribution is 2.45. The Morgan fingerprint density at radius 2 is 1.73 bits per heavy atom. The van der Waals surface area contributed by atoms with E-state index < -0.39 is 9.84 Å². The lowest BCUT2D eigenvalue weighted by Crippen LogP contribution is -2.46. The fraction of sp³-hybridized carbons (Fsp3) is 0.333. The van der Waals surface area contributed by atoms with E-state index in [1.54, 1.807) is 26.4 Å². The molecule has 14 heteroatoms. The Labute approximate surface area is 253 Å². The molecule has 44 heavy (non-hydrogen) atoms. The van der Waals surface area contributed by atoms with E-state index in [9.17, 15) is 13.2 Å². The first kappa shape index (κ1) is 28.0. The molecule has 2 aliphatic rings. The van der Waals surface area contributed by atoms with Crippen molar-refractivity contribution < 1.29 is 17.9 Å². The molecule has 2 aliphatic heterocycles. The Morgan fingerprint density at radius 3 is 2.32 bits per heavy atom. The minimum Gasteiger partial charge on any atom is -0.497 e. The lowest BCUT2D eigenvalue weighted by Gasteiger charge is -2.38. The van der Waals surface area contributed by atoms with Gasteiger partial charge in [0.05, 0.1) is 24.7 Å². The molecule has 2 saturated heterocycles. The van der Waals surface area contributed by atoms with E-state index in [-0.39, 0.29) is 40.4 Å². The van der Waals surface area contributed by atoms with Crippen LogP contribution in [0.3, 0.4) is 0 Å². The summed E-state index contributed by atoms with van der Waals surface area (Å²) in [7, 11) is -2.14. The summed E-state index contributed by atoms with van der Waals surface area (Å²) in [6.45, 7) is 1.75. The van der Waals surface area contributed by atoms with Crippen molar-refractivity contribution in [2.24, 2.45) is 0 Å². The van der Waals surface area contributed by atoms with E-state index in [1.807, 2.05) is 41.3 Å². The van der Waals surface area contributed by atoms with Crippen LogP contribution in [0.5, 0.6) is 5.75 Å². The third-order valence-electron chi connectivity index (χ3n) is 8.65. The summed E-state index contributed by atoms with van der Waals surface area (Å²) in [5, 5.41) is 12.4. The number of aryl methyl sites for hydroxylation is 1. The lowest BCUT2D eigenvalue weighted by molar-refractivity contribution is 0.0556. The molecule has 2 unspecified atom stereocenters. The number of ether oxygens (including phenoxy) is 1. The van der Waals surface area contributed by atoms with Gasteiger partial charge in [-0.1, -0.05) is 6.07 Å². The number of pyridine rings is 1. The highest BCUT2D eigenvalue weighted by atomic mass is 32.2. The van der Waals surface area contributed by atoms with Gasteiger partial charge >= 0.3 is 0 Å². The van der Waals surface area contributed by atoms with Gasteiger partial charge in [-0.05, 0) is 62.9 Å². The zero-order valence-corrected chi connectivity index (χ0v) is 25.2. The van der Waals surface area contributed by atoms with Crippen LogP contribution in [0.15, 0.2) is 53.7 Å². The first-order chi connectivity index (χ1) is 21.1. The number of nitrogens with two attached hydrogens (primary N) is 1. The molecule has 13 nitrogen and oxygen atoms in total. The topological polar surface area (TPSA) is 174 Å². The summed E-state index contributed by atoms with van der Waals surface area (Å²) in [5.74, 6) is 1.16. The first-order valence-corrected chi connectivity index (χ1v) is 16.2. The number of H-pyrrole nitrogens is 1. The maximum absolute atomic E-state index is 13.3. The Morgan fingerprint density at radius 1 is 1.02 bits per heavy atom. The molecule has 6 heterocycles. The average molecular weight is 614 g/mol. The van der Waals surface area contributed by atoms with Crippen molar-refractivity contribution in [2.75, 3.05) is 19.1 Å². The van der Waals surface area contributed by atoms with E-state index in [0.29, 0.717) is 35.6 Å². The fourth-order valence-electron chi connectivity index (χ4n) is 6.66. The van der Waals surface area contributed by atoms with E-state index >= 15 is 0 Å². The van der Waals surface area contributed by atoms with E-state index in [1.165, 1.54) is 4.52 Å². The molecule has 0 saturated carbocycles. The van der Waals surface area contributed by atoms with Gasteiger partial charge in [0.1, 0.15) is 22.3 Å². The van der Waals surface area contributed by atoms with Crippen molar-refractivity contribution in [1.29, 1.82) is 0 Å². The molecule has 3 atom stereocenters. The van der Waals surface area contributed by atoms with Gasteiger partial charge in [-0.3, -0.25) is 9.78 Å². The molecule has 5 aromatic rings. The highest BCUT2D eigenvalue weighted by Gasteiger charge is 2.46. The van der Waals surface area contributed by atoms with Crippen LogP contribution < -0.4 is 10.5 Å². The standard InChI is InChI=1S/C30H31N9O4S/c1-16-34-28(37-36-16)30(40)38-20-7-8-21(38)13-19(12-20)25-26(44(3,41)42)27(31)39-29(35-25)23(15-33-39)18-6-11-24(32-14-18)17-4-9-22(43-2)10-5-17/h4-6,9-11,14-15,19-21H,7-8,12-13,31H2,1-3H3,(H,34,36,37)/t19?,20-,21?/m1/s1. The number of hydrogen-bond acceptors (Lipinski definition) is 10. The maximum atomic E-state index is 13.3. The number of nitrogens with one attached hydrogen (secondary N) is 1. The van der Waals surface area contributed by atoms with Crippen LogP contribution in [0.4, 0.5) is 5.82 Å². The number of carbonyl (C=O) groups excluding carboxylic acids is 1. The molecule has 1 amide bonds. The number of hydrogen-bond donors (Lipinski definition) is 2. The predicted molar refractivity (Wildman–Crippen MR) is 162 cm³/mol. The third-order valence-corrected chi connectivity index (χ3v) is 9.81. The second kappa shape index (κ2) is 10.4. The summed E-state index contributed by atoms with van der Waals surface area (Å²) in [6, 6.07) is 11.3. The molecule has 2 fully saturated rings. The molecule has 0 aliphatic carbocycles. The molecule has 226 valence electrons. The van der Waals surface area contributed by atoms with Gasteiger partial charge < -0.3 is 20.4 Å². The Balaban J connectivity index is 1.25. The largest absolute Gasteiger partial charge is 0.497 e. The summed E-state index contributed by atoms with van der Waals surface area (Å²) < 4.78 is 32.9. The van der Waals surface area contributed by atoms with Gasteiger partial charge in [0.2, 0.25) is 5.82 Å². The molecule has 0 spiro atoms. The number of carbonyl (C=O) groups is 1. The fourth-order valence-corrected chi connectivity index (χ4v) is 7.72. The number of aromatic nitrogens is 7. The van der Waals surface area contributed by atoms with Crippen molar-refractivity contribution in [3.8, 4) is 28.1 Å². The normalized spacial score (nSPS) is 19.9. The number of sulfone groups is 1. The number of nitrogens with zero attached hydrogens (tertiary/aromatic N) is 7. The van der Waals surface area contributed by atoms with Gasteiger partial charge in [-0.2, -0.15) is 9.61 Å². The lowest BCUT2D eigenvalue weighted by atomic mass is 9.87. The van der Waals surface area contributed by atoms with Crippen LogP contribution in [0.25, 0.3) is 28.0 Å². The number of nitrogen functional groups attached to an aromatic ring is 1. The van der Waals surface area contributed by atoms with Crippen molar-refractivity contribution in [1.82, 2.24) is 39.7 Å². The molecule has 1 aromatic carbocycles.